The van der Waals surface area contributed by atoms with Crippen LogP contribution in [-0.4, -0.2) is 33.6 Å². The Kier molecular flexibility index (Phi) is 7.26. The standard InChI is InChI=1S/C31H32N4O3/c1-3-20(2)28(30(37)34-33-27(36)18-17-21-11-5-4-6-12-21)35-29(23-14-7-8-15-24(23)31(35)38)25-19-32-26-16-10-9-13-22(25)26/h4-16,19-20,28-29,32H,3,17-18H2,1-2H3,(H,33,36)(H,34,37). The Hall–Kier alpha value is -4.39. The minimum atomic E-state index is -0.784. The molecule has 3 N–H and O–H groups in total. The zero-order chi connectivity index (χ0) is 26.6. The Morgan fingerprint density at radius 2 is 1.63 bits per heavy atom. The lowest BCUT2D eigenvalue weighted by molar-refractivity contribution is -0.133. The van der Waals surface area contributed by atoms with Gasteiger partial charge in [-0.25, -0.2) is 0 Å². The number of aromatic nitrogens is 1. The predicted molar refractivity (Wildman–Crippen MR) is 147 cm³/mol. The van der Waals surface area contributed by atoms with Crippen molar-refractivity contribution in [3.8, 4) is 0 Å². The number of hydrogen-bond donors (Lipinski definition) is 3. The number of nitrogens with zero attached hydrogens (tertiary/aromatic N) is 1. The molecule has 3 aromatic carbocycles. The van der Waals surface area contributed by atoms with Crippen LogP contribution in [0.2, 0.25) is 0 Å². The molecule has 0 saturated heterocycles. The van der Waals surface area contributed by atoms with E-state index in [1.54, 1.807) is 4.90 Å². The Morgan fingerprint density at radius 3 is 2.42 bits per heavy atom. The number of hydrogen-bond acceptors (Lipinski definition) is 3. The van der Waals surface area contributed by atoms with Crippen molar-refractivity contribution in [2.24, 2.45) is 5.92 Å². The molecule has 38 heavy (non-hydrogen) atoms. The number of fused-ring (bicyclic) bond motifs is 2. The third-order valence-corrected chi connectivity index (χ3v) is 7.47. The molecule has 4 aromatic rings. The lowest BCUT2D eigenvalue weighted by Gasteiger charge is -2.36. The number of aromatic amines is 1. The largest absolute Gasteiger partial charge is 0.361 e. The maximum absolute atomic E-state index is 13.9. The number of rotatable bonds is 8. The van der Waals surface area contributed by atoms with Crippen molar-refractivity contribution >= 4 is 28.6 Å². The summed E-state index contributed by atoms with van der Waals surface area (Å²) in [4.78, 5) is 45.1. The topological polar surface area (TPSA) is 94.3 Å². The number of nitrogens with one attached hydrogen (secondary N) is 3. The van der Waals surface area contributed by atoms with Crippen LogP contribution in [0.5, 0.6) is 0 Å². The van der Waals surface area contributed by atoms with Gasteiger partial charge in [0.2, 0.25) is 5.91 Å². The second-order valence-corrected chi connectivity index (χ2v) is 9.85. The summed E-state index contributed by atoms with van der Waals surface area (Å²) in [6, 6.07) is 24.0. The van der Waals surface area contributed by atoms with E-state index in [9.17, 15) is 14.4 Å². The quantitative estimate of drug-likeness (QED) is 0.295. The molecule has 0 fully saturated rings. The second-order valence-electron chi connectivity index (χ2n) is 9.85. The van der Waals surface area contributed by atoms with Crippen LogP contribution in [0, 0.1) is 5.92 Å². The number of carbonyl (C=O) groups excluding carboxylic acids is 3. The molecule has 7 heteroatoms. The summed E-state index contributed by atoms with van der Waals surface area (Å²) in [5, 5.41) is 1.00. The summed E-state index contributed by atoms with van der Waals surface area (Å²) in [7, 11) is 0. The van der Waals surface area contributed by atoms with Crippen molar-refractivity contribution in [1.29, 1.82) is 0 Å². The van der Waals surface area contributed by atoms with Crippen molar-refractivity contribution in [1.82, 2.24) is 20.7 Å². The molecule has 5 rings (SSSR count). The fourth-order valence-electron chi connectivity index (χ4n) is 5.31. The van der Waals surface area contributed by atoms with Gasteiger partial charge in [0, 0.05) is 34.6 Å². The van der Waals surface area contributed by atoms with E-state index in [4.69, 9.17) is 0 Å². The molecule has 194 valence electrons. The number of aryl methyl sites for hydroxylation is 1. The number of amides is 3. The van der Waals surface area contributed by atoms with E-state index in [1.165, 1.54) is 0 Å². The second kappa shape index (κ2) is 10.9. The van der Waals surface area contributed by atoms with Crippen LogP contribution in [0.4, 0.5) is 0 Å². The zero-order valence-corrected chi connectivity index (χ0v) is 21.6. The number of benzene rings is 3. The average molecular weight is 509 g/mol. The lowest BCUT2D eigenvalue weighted by atomic mass is 9.93. The monoisotopic (exact) mass is 508 g/mol. The fourth-order valence-corrected chi connectivity index (χ4v) is 5.31. The van der Waals surface area contributed by atoms with Crippen molar-refractivity contribution in [3.05, 3.63) is 107 Å². The minimum Gasteiger partial charge on any atom is -0.361 e. The van der Waals surface area contributed by atoms with Crippen LogP contribution in [0.3, 0.4) is 0 Å². The highest BCUT2D eigenvalue weighted by Gasteiger charge is 2.46. The normalized spacial score (nSPS) is 16.2. The number of carbonyl (C=O) groups is 3. The predicted octanol–water partition coefficient (Wildman–Crippen LogP) is 4.91. The van der Waals surface area contributed by atoms with Crippen LogP contribution >= 0.6 is 0 Å². The van der Waals surface area contributed by atoms with Gasteiger partial charge in [0.1, 0.15) is 6.04 Å². The van der Waals surface area contributed by atoms with E-state index < -0.39 is 18.0 Å². The van der Waals surface area contributed by atoms with Gasteiger partial charge in [0.05, 0.1) is 6.04 Å². The third-order valence-electron chi connectivity index (χ3n) is 7.47. The van der Waals surface area contributed by atoms with Crippen molar-refractivity contribution < 1.29 is 14.4 Å². The maximum atomic E-state index is 13.9. The van der Waals surface area contributed by atoms with Crippen LogP contribution in [0.25, 0.3) is 10.9 Å². The van der Waals surface area contributed by atoms with Crippen molar-refractivity contribution in [2.45, 2.75) is 45.2 Å². The van der Waals surface area contributed by atoms with Gasteiger partial charge in [0.15, 0.2) is 0 Å². The summed E-state index contributed by atoms with van der Waals surface area (Å²) in [5.74, 6) is -1.03. The van der Waals surface area contributed by atoms with E-state index in [-0.39, 0.29) is 24.2 Å². The molecule has 0 aliphatic carbocycles. The molecule has 1 aromatic heterocycles. The molecule has 3 amide bonds. The molecule has 1 aliphatic heterocycles. The summed E-state index contributed by atoms with van der Waals surface area (Å²) in [6.07, 6.45) is 3.42. The van der Waals surface area contributed by atoms with Gasteiger partial charge in [-0.15, -0.1) is 0 Å². The summed E-state index contributed by atoms with van der Waals surface area (Å²) in [5.41, 5.74) is 9.61. The highest BCUT2D eigenvalue weighted by atomic mass is 16.2. The molecule has 1 aliphatic rings. The Morgan fingerprint density at radius 1 is 0.921 bits per heavy atom. The van der Waals surface area contributed by atoms with E-state index in [0.717, 1.165) is 27.6 Å². The SMILES string of the molecule is CCC(C)C(C(=O)NNC(=O)CCc1ccccc1)N1C(=O)c2ccccc2C1c1c[nH]c2ccccc12. The lowest BCUT2D eigenvalue weighted by Crippen LogP contribution is -2.55. The van der Waals surface area contributed by atoms with Gasteiger partial charge >= 0.3 is 0 Å². The number of para-hydroxylation sites is 1. The first kappa shape index (κ1) is 25.3. The van der Waals surface area contributed by atoms with Crippen molar-refractivity contribution in [3.63, 3.8) is 0 Å². The Balaban J connectivity index is 1.42. The van der Waals surface area contributed by atoms with Gasteiger partial charge in [-0.05, 0) is 35.6 Å². The van der Waals surface area contributed by atoms with E-state index >= 15 is 0 Å². The van der Waals surface area contributed by atoms with E-state index in [0.29, 0.717) is 18.4 Å². The van der Waals surface area contributed by atoms with Gasteiger partial charge in [0.25, 0.3) is 11.8 Å². The first-order valence-electron chi connectivity index (χ1n) is 13.1. The summed E-state index contributed by atoms with van der Waals surface area (Å²) < 4.78 is 0. The molecule has 3 unspecified atom stereocenters. The molecule has 0 bridgehead atoms. The average Bonchev–Trinajstić information content (AvgIpc) is 3.50. The molecular formula is C31H32N4O3. The Labute approximate surface area is 222 Å². The highest BCUT2D eigenvalue weighted by Crippen LogP contribution is 2.43. The summed E-state index contributed by atoms with van der Waals surface area (Å²) in [6.45, 7) is 3.96. The van der Waals surface area contributed by atoms with Gasteiger partial charge in [-0.1, -0.05) is 87.0 Å². The van der Waals surface area contributed by atoms with E-state index in [2.05, 4.69) is 15.8 Å². The summed E-state index contributed by atoms with van der Waals surface area (Å²) >= 11 is 0. The van der Waals surface area contributed by atoms with Gasteiger partial charge in [-0.2, -0.15) is 0 Å². The molecule has 0 spiro atoms. The molecule has 7 nitrogen and oxygen atoms in total. The van der Waals surface area contributed by atoms with Crippen molar-refractivity contribution in [2.75, 3.05) is 0 Å². The minimum absolute atomic E-state index is 0.151. The Bertz CT molecular complexity index is 1460. The first-order chi connectivity index (χ1) is 18.5. The smallest absolute Gasteiger partial charge is 0.261 e. The highest BCUT2D eigenvalue weighted by molar-refractivity contribution is 6.03. The number of H-pyrrole nitrogens is 1. The van der Waals surface area contributed by atoms with Crippen LogP contribution in [0.15, 0.2) is 85.1 Å². The third kappa shape index (κ3) is 4.79. The van der Waals surface area contributed by atoms with Crippen LogP contribution in [-0.2, 0) is 16.0 Å². The zero-order valence-electron chi connectivity index (χ0n) is 21.6. The van der Waals surface area contributed by atoms with Gasteiger partial charge < -0.3 is 9.88 Å². The maximum Gasteiger partial charge on any atom is 0.261 e. The fraction of sp³-hybridized carbons (Fsp3) is 0.258. The molecule has 3 atom stereocenters. The molecule has 2 heterocycles. The first-order valence-corrected chi connectivity index (χ1v) is 13.1. The van der Waals surface area contributed by atoms with Crippen LogP contribution in [0.1, 0.15) is 59.8 Å². The molecule has 0 saturated carbocycles. The van der Waals surface area contributed by atoms with Crippen LogP contribution < -0.4 is 10.9 Å². The molecular weight excluding hydrogens is 476 g/mol. The molecule has 0 radical (unpaired) electrons. The van der Waals surface area contributed by atoms with E-state index in [1.807, 2.05) is 98.9 Å². The van der Waals surface area contributed by atoms with Gasteiger partial charge in [-0.3, -0.25) is 25.2 Å². The number of hydrazine groups is 1.